The van der Waals surface area contributed by atoms with E-state index in [1.807, 2.05) is 13.0 Å². The van der Waals surface area contributed by atoms with Gasteiger partial charge in [-0.2, -0.15) is 0 Å². The van der Waals surface area contributed by atoms with Gasteiger partial charge >= 0.3 is 5.76 Å². The highest BCUT2D eigenvalue weighted by Gasteiger charge is 2.07. The number of nitrogens with one attached hydrogen (secondary N) is 2. The van der Waals surface area contributed by atoms with Crippen molar-refractivity contribution < 1.29 is 14.1 Å². The predicted molar refractivity (Wildman–Crippen MR) is 102 cm³/mol. The summed E-state index contributed by atoms with van der Waals surface area (Å²) < 4.78 is 10.1. The number of benzene rings is 2. The smallest absolute Gasteiger partial charge is 0.439 e. The fourth-order valence-corrected chi connectivity index (χ4v) is 2.57. The summed E-state index contributed by atoms with van der Waals surface area (Å²) in [6.45, 7) is 2.33. The lowest BCUT2D eigenvalue weighted by Crippen LogP contribution is -2.12. The molecule has 7 nitrogen and oxygen atoms in total. The molecule has 2 aromatic carbocycles. The second-order valence-electron chi connectivity index (χ2n) is 5.94. The van der Waals surface area contributed by atoms with Crippen molar-refractivity contribution in [2.24, 2.45) is 0 Å². The number of aromatic amines is 1. The van der Waals surface area contributed by atoms with Crippen LogP contribution in [0.25, 0.3) is 11.4 Å². The van der Waals surface area contributed by atoms with Gasteiger partial charge in [0.25, 0.3) is 0 Å². The molecule has 0 aliphatic rings. The number of carbonyl (C=O) groups excluding carboxylic acids is 1. The highest BCUT2D eigenvalue weighted by molar-refractivity contribution is 6.31. The molecule has 0 saturated carbocycles. The topological polar surface area (TPSA) is 97.2 Å². The third-order valence-corrected chi connectivity index (χ3v) is 4.23. The molecule has 0 atom stereocenters. The van der Waals surface area contributed by atoms with Gasteiger partial charge < -0.3 is 10.1 Å². The summed E-state index contributed by atoms with van der Waals surface area (Å²) in [4.78, 5) is 25.6. The van der Waals surface area contributed by atoms with E-state index in [0.29, 0.717) is 41.5 Å². The van der Waals surface area contributed by atoms with Crippen molar-refractivity contribution in [2.45, 2.75) is 19.8 Å². The minimum absolute atomic E-state index is 0.128. The fourth-order valence-electron chi connectivity index (χ4n) is 2.45. The van der Waals surface area contributed by atoms with Crippen LogP contribution in [0.4, 0.5) is 5.69 Å². The van der Waals surface area contributed by atoms with Crippen molar-refractivity contribution in [3.8, 4) is 17.1 Å². The largest absolute Gasteiger partial charge is 0.494 e. The molecule has 8 heteroatoms. The molecular weight excluding hydrogens is 370 g/mol. The van der Waals surface area contributed by atoms with Gasteiger partial charge in [0.15, 0.2) is 5.82 Å². The molecule has 1 amide bonds. The number of ether oxygens (including phenoxy) is 1. The second-order valence-corrected chi connectivity index (χ2v) is 6.34. The van der Waals surface area contributed by atoms with Crippen molar-refractivity contribution in [3.63, 3.8) is 0 Å². The summed E-state index contributed by atoms with van der Waals surface area (Å²) in [6.07, 6.45) is 0.890. The highest BCUT2D eigenvalue weighted by atomic mass is 35.5. The molecule has 1 heterocycles. The normalized spacial score (nSPS) is 10.6. The summed E-state index contributed by atoms with van der Waals surface area (Å²) in [7, 11) is 0. The maximum absolute atomic E-state index is 12.1. The number of H-pyrrole nitrogens is 1. The minimum Gasteiger partial charge on any atom is -0.494 e. The molecular formula is C19H18ClN3O4. The van der Waals surface area contributed by atoms with Gasteiger partial charge in [0.1, 0.15) is 5.75 Å². The molecule has 0 spiro atoms. The van der Waals surface area contributed by atoms with E-state index in [1.54, 1.807) is 36.4 Å². The number of aryl methyl sites for hydroxylation is 1. The predicted octanol–water partition coefficient (Wildman–Crippen LogP) is 3.79. The number of hydrogen-bond donors (Lipinski definition) is 2. The van der Waals surface area contributed by atoms with Crippen LogP contribution in [-0.2, 0) is 4.79 Å². The van der Waals surface area contributed by atoms with Crippen LogP contribution in [0.2, 0.25) is 5.02 Å². The Labute approximate surface area is 160 Å². The Balaban J connectivity index is 1.48. The summed E-state index contributed by atoms with van der Waals surface area (Å²) in [5, 5.41) is 7.13. The molecule has 0 aliphatic carbocycles. The molecule has 1 aromatic heterocycles. The zero-order valence-electron chi connectivity index (χ0n) is 14.6. The highest BCUT2D eigenvalue weighted by Crippen LogP contribution is 2.21. The lowest BCUT2D eigenvalue weighted by molar-refractivity contribution is -0.116. The van der Waals surface area contributed by atoms with E-state index in [-0.39, 0.29) is 5.91 Å². The first-order valence-electron chi connectivity index (χ1n) is 8.36. The van der Waals surface area contributed by atoms with E-state index in [9.17, 15) is 9.59 Å². The first-order chi connectivity index (χ1) is 13.0. The van der Waals surface area contributed by atoms with Crippen LogP contribution in [0.15, 0.2) is 51.8 Å². The number of nitrogens with zero attached hydrogens (tertiary/aromatic N) is 1. The van der Waals surface area contributed by atoms with Crippen LogP contribution in [0.5, 0.6) is 5.75 Å². The van der Waals surface area contributed by atoms with Crippen LogP contribution in [0, 0.1) is 6.92 Å². The van der Waals surface area contributed by atoms with Crippen molar-refractivity contribution in [3.05, 3.63) is 63.6 Å². The van der Waals surface area contributed by atoms with Gasteiger partial charge in [0.2, 0.25) is 5.91 Å². The summed E-state index contributed by atoms with van der Waals surface area (Å²) >= 11 is 5.98. The standard InChI is InChI=1S/C19H18ClN3O4/c1-12-10-15(7-8-16(12)20)26-9-3-6-17(24)21-14-5-2-4-13(11-14)18-22-19(25)27-23-18/h2,4-5,7-8,10-11H,3,6,9H2,1H3,(H,21,24)(H,22,23,25). The van der Waals surface area contributed by atoms with Crippen LogP contribution in [0.3, 0.4) is 0 Å². The molecule has 0 aliphatic heterocycles. The van der Waals surface area contributed by atoms with Crippen molar-refractivity contribution in [1.29, 1.82) is 0 Å². The molecule has 3 rings (SSSR count). The molecule has 27 heavy (non-hydrogen) atoms. The Hall–Kier alpha value is -3.06. The molecule has 0 radical (unpaired) electrons. The Morgan fingerprint density at radius 2 is 2.15 bits per heavy atom. The van der Waals surface area contributed by atoms with Crippen molar-refractivity contribution in [2.75, 3.05) is 11.9 Å². The van der Waals surface area contributed by atoms with Gasteiger partial charge in [-0.15, -0.1) is 0 Å². The van der Waals surface area contributed by atoms with E-state index >= 15 is 0 Å². The average Bonchev–Trinajstić information content (AvgIpc) is 3.08. The number of carbonyl (C=O) groups is 1. The minimum atomic E-state index is -0.629. The van der Waals surface area contributed by atoms with E-state index < -0.39 is 5.76 Å². The van der Waals surface area contributed by atoms with Crippen LogP contribution >= 0.6 is 11.6 Å². The van der Waals surface area contributed by atoms with E-state index in [0.717, 1.165) is 11.3 Å². The SMILES string of the molecule is Cc1cc(OCCCC(=O)Nc2cccc(-c3noc(=O)[nH]3)c2)ccc1Cl. The quantitative estimate of drug-likeness (QED) is 0.601. The third kappa shape index (κ3) is 5.21. The van der Waals surface area contributed by atoms with E-state index in [2.05, 4.69) is 20.0 Å². The molecule has 140 valence electrons. The summed E-state index contributed by atoms with van der Waals surface area (Å²) in [6, 6.07) is 12.4. The second kappa shape index (κ2) is 8.55. The van der Waals surface area contributed by atoms with Crippen LogP contribution in [-0.4, -0.2) is 22.7 Å². The van der Waals surface area contributed by atoms with Gasteiger partial charge in [0, 0.05) is 22.7 Å². The molecule has 3 aromatic rings. The lowest BCUT2D eigenvalue weighted by Gasteiger charge is -2.09. The maximum Gasteiger partial charge on any atom is 0.439 e. The Bertz CT molecular complexity index is 996. The zero-order valence-corrected chi connectivity index (χ0v) is 15.4. The number of rotatable bonds is 7. The number of aromatic nitrogens is 2. The molecule has 0 fully saturated rings. The summed E-state index contributed by atoms with van der Waals surface area (Å²) in [5.41, 5.74) is 2.19. The Morgan fingerprint density at radius 3 is 2.89 bits per heavy atom. The molecule has 0 bridgehead atoms. The zero-order chi connectivity index (χ0) is 19.2. The van der Waals surface area contributed by atoms with Gasteiger partial charge in [0.05, 0.1) is 6.61 Å². The van der Waals surface area contributed by atoms with Gasteiger partial charge in [-0.05, 0) is 49.2 Å². The Kier molecular flexibility index (Phi) is 5.93. The number of hydrogen-bond acceptors (Lipinski definition) is 5. The molecule has 2 N–H and O–H groups in total. The fraction of sp³-hybridized carbons (Fsp3) is 0.211. The maximum atomic E-state index is 12.1. The lowest BCUT2D eigenvalue weighted by atomic mass is 10.2. The Morgan fingerprint density at radius 1 is 1.30 bits per heavy atom. The van der Waals surface area contributed by atoms with Gasteiger partial charge in [-0.3, -0.25) is 14.3 Å². The van der Waals surface area contributed by atoms with Gasteiger partial charge in [-0.1, -0.05) is 28.9 Å². The number of anilines is 1. The summed E-state index contributed by atoms with van der Waals surface area (Å²) in [5.74, 6) is 0.279. The first-order valence-corrected chi connectivity index (χ1v) is 8.74. The monoisotopic (exact) mass is 387 g/mol. The molecule has 0 unspecified atom stereocenters. The third-order valence-electron chi connectivity index (χ3n) is 3.81. The van der Waals surface area contributed by atoms with Crippen molar-refractivity contribution in [1.82, 2.24) is 10.1 Å². The van der Waals surface area contributed by atoms with Crippen LogP contribution < -0.4 is 15.8 Å². The van der Waals surface area contributed by atoms with E-state index in [4.69, 9.17) is 16.3 Å². The number of amides is 1. The first kappa shape index (κ1) is 18.7. The number of halogens is 1. The van der Waals surface area contributed by atoms with Crippen molar-refractivity contribution >= 4 is 23.2 Å². The van der Waals surface area contributed by atoms with E-state index in [1.165, 1.54) is 0 Å². The van der Waals surface area contributed by atoms with Gasteiger partial charge in [-0.25, -0.2) is 4.79 Å². The average molecular weight is 388 g/mol. The van der Waals surface area contributed by atoms with Crippen LogP contribution in [0.1, 0.15) is 18.4 Å². The molecule has 0 saturated heterocycles.